The van der Waals surface area contributed by atoms with Crippen molar-refractivity contribution in [3.8, 4) is 0 Å². The van der Waals surface area contributed by atoms with Gasteiger partial charge in [0.2, 0.25) is 0 Å². The summed E-state index contributed by atoms with van der Waals surface area (Å²) in [5.41, 5.74) is 0. The Morgan fingerprint density at radius 1 is 1.04 bits per heavy atom. The quantitative estimate of drug-likeness (QED) is 0.287. The summed E-state index contributed by atoms with van der Waals surface area (Å²) in [5.74, 6) is -0.136. The molecular formula is C21H34O4. The molecule has 4 nitrogen and oxygen atoms in total. The molecule has 0 radical (unpaired) electrons. The van der Waals surface area contributed by atoms with Crippen molar-refractivity contribution in [3.63, 3.8) is 0 Å². The van der Waals surface area contributed by atoms with Crippen molar-refractivity contribution in [2.45, 2.75) is 83.7 Å². The summed E-state index contributed by atoms with van der Waals surface area (Å²) in [5, 5.41) is 18.8. The molecule has 0 heterocycles. The van der Waals surface area contributed by atoms with E-state index in [1.807, 2.05) is 12.2 Å². The maximum absolute atomic E-state index is 11.9. The zero-order valence-electron chi connectivity index (χ0n) is 15.5. The van der Waals surface area contributed by atoms with Gasteiger partial charge in [-0.05, 0) is 56.4 Å². The van der Waals surface area contributed by atoms with Crippen molar-refractivity contribution in [2.75, 3.05) is 0 Å². The first-order valence-electron chi connectivity index (χ1n) is 9.80. The van der Waals surface area contributed by atoms with Crippen molar-refractivity contribution in [3.05, 3.63) is 24.3 Å². The molecule has 0 aromatic rings. The number of hydrogen-bond acceptors (Lipinski definition) is 3. The number of aliphatic hydroxyl groups is 1. The first-order chi connectivity index (χ1) is 12.0. The molecule has 0 aromatic heterocycles. The van der Waals surface area contributed by atoms with Gasteiger partial charge in [0.05, 0.1) is 6.10 Å². The molecule has 3 atom stereocenters. The molecule has 142 valence electrons. The van der Waals surface area contributed by atoms with Gasteiger partial charge in [-0.1, -0.05) is 44.4 Å². The highest BCUT2D eigenvalue weighted by Gasteiger charge is 2.32. The van der Waals surface area contributed by atoms with Crippen molar-refractivity contribution >= 4 is 11.8 Å². The molecule has 0 amide bonds. The second kappa shape index (κ2) is 12.9. The SMILES string of the molecule is CCCCCCC(=O)C=CC1CCC(O)C1CC=CCCCC(=O)O. The highest BCUT2D eigenvalue weighted by Crippen LogP contribution is 2.35. The zero-order chi connectivity index (χ0) is 18.5. The van der Waals surface area contributed by atoms with Crippen molar-refractivity contribution < 1.29 is 19.8 Å². The molecule has 1 fully saturated rings. The number of carboxylic acids is 1. The molecule has 25 heavy (non-hydrogen) atoms. The van der Waals surface area contributed by atoms with Crippen LogP contribution < -0.4 is 0 Å². The fourth-order valence-corrected chi connectivity index (χ4v) is 3.43. The Kier molecular flexibility index (Phi) is 11.1. The van der Waals surface area contributed by atoms with E-state index < -0.39 is 5.97 Å². The number of hydrogen-bond donors (Lipinski definition) is 2. The number of rotatable bonds is 13. The molecule has 1 aliphatic carbocycles. The third-order valence-electron chi connectivity index (χ3n) is 4.98. The topological polar surface area (TPSA) is 74.6 Å². The van der Waals surface area contributed by atoms with Gasteiger partial charge >= 0.3 is 5.97 Å². The Morgan fingerprint density at radius 2 is 1.84 bits per heavy atom. The molecule has 1 saturated carbocycles. The van der Waals surface area contributed by atoms with Crippen LogP contribution in [0.5, 0.6) is 0 Å². The zero-order valence-corrected chi connectivity index (χ0v) is 15.5. The van der Waals surface area contributed by atoms with Gasteiger partial charge < -0.3 is 10.2 Å². The van der Waals surface area contributed by atoms with Gasteiger partial charge in [-0.2, -0.15) is 0 Å². The second-order valence-corrected chi connectivity index (χ2v) is 7.10. The Labute approximate surface area is 152 Å². The van der Waals surface area contributed by atoms with E-state index >= 15 is 0 Å². The number of aliphatic hydroxyl groups excluding tert-OH is 1. The highest BCUT2D eigenvalue weighted by atomic mass is 16.4. The number of allylic oxidation sites excluding steroid dienone is 4. The molecule has 2 N–H and O–H groups in total. The van der Waals surface area contributed by atoms with E-state index in [4.69, 9.17) is 5.11 Å². The van der Waals surface area contributed by atoms with Crippen LogP contribution in [-0.2, 0) is 9.59 Å². The standard InChI is InChI=1S/C21H34O4/c1-2-3-4-7-10-18(22)15-13-17-14-16-20(23)19(17)11-8-5-6-9-12-21(24)25/h5,8,13,15,17,19-20,23H,2-4,6-7,9-12,14,16H2,1H3,(H,24,25). The lowest BCUT2D eigenvalue weighted by molar-refractivity contribution is -0.137. The smallest absolute Gasteiger partial charge is 0.303 e. The minimum Gasteiger partial charge on any atom is -0.481 e. The predicted molar refractivity (Wildman–Crippen MR) is 100 cm³/mol. The van der Waals surface area contributed by atoms with Gasteiger partial charge in [0.25, 0.3) is 0 Å². The fourth-order valence-electron chi connectivity index (χ4n) is 3.43. The number of unbranched alkanes of at least 4 members (excludes halogenated alkanes) is 4. The molecule has 3 unspecified atom stereocenters. The number of carbonyl (C=O) groups is 2. The third-order valence-corrected chi connectivity index (χ3v) is 4.98. The normalized spacial score (nSPS) is 23.7. The van der Waals surface area contributed by atoms with E-state index in [9.17, 15) is 14.7 Å². The van der Waals surface area contributed by atoms with Crippen LogP contribution in [0.4, 0.5) is 0 Å². The molecule has 0 aliphatic heterocycles. The number of carbonyl (C=O) groups excluding carboxylic acids is 1. The number of carboxylic acid groups (broad SMARTS) is 1. The molecule has 1 aliphatic rings. The van der Waals surface area contributed by atoms with E-state index in [0.717, 1.165) is 38.5 Å². The summed E-state index contributed by atoms with van der Waals surface area (Å²) in [7, 11) is 0. The van der Waals surface area contributed by atoms with Gasteiger partial charge in [-0.25, -0.2) is 0 Å². The lowest BCUT2D eigenvalue weighted by Gasteiger charge is -2.17. The van der Waals surface area contributed by atoms with Gasteiger partial charge in [0.15, 0.2) is 5.78 Å². The van der Waals surface area contributed by atoms with E-state index in [2.05, 4.69) is 13.0 Å². The summed E-state index contributed by atoms with van der Waals surface area (Å²) in [6.07, 6.45) is 16.6. The number of aliphatic carboxylic acids is 1. The summed E-state index contributed by atoms with van der Waals surface area (Å²) in [6.45, 7) is 2.16. The third kappa shape index (κ3) is 9.59. The lowest BCUT2D eigenvalue weighted by Crippen LogP contribution is -2.17. The minimum atomic E-state index is -0.760. The van der Waals surface area contributed by atoms with Crippen LogP contribution in [0.25, 0.3) is 0 Å². The van der Waals surface area contributed by atoms with E-state index in [-0.39, 0.29) is 30.1 Å². The summed E-state index contributed by atoms with van der Waals surface area (Å²) in [6, 6.07) is 0. The van der Waals surface area contributed by atoms with Crippen LogP contribution in [0, 0.1) is 11.8 Å². The second-order valence-electron chi connectivity index (χ2n) is 7.10. The maximum Gasteiger partial charge on any atom is 0.303 e. The maximum atomic E-state index is 11.9. The van der Waals surface area contributed by atoms with Gasteiger partial charge in [-0.3, -0.25) is 9.59 Å². The van der Waals surface area contributed by atoms with Crippen molar-refractivity contribution in [2.24, 2.45) is 11.8 Å². The summed E-state index contributed by atoms with van der Waals surface area (Å²) < 4.78 is 0. The van der Waals surface area contributed by atoms with E-state index in [1.165, 1.54) is 12.8 Å². The average Bonchev–Trinajstić information content (AvgIpc) is 2.93. The minimum absolute atomic E-state index is 0.167. The Balaban J connectivity index is 2.34. The van der Waals surface area contributed by atoms with E-state index in [1.54, 1.807) is 6.08 Å². The van der Waals surface area contributed by atoms with Crippen LogP contribution in [0.2, 0.25) is 0 Å². The first-order valence-corrected chi connectivity index (χ1v) is 9.80. The fraction of sp³-hybridized carbons (Fsp3) is 0.714. The van der Waals surface area contributed by atoms with Crippen LogP contribution in [0.3, 0.4) is 0 Å². The van der Waals surface area contributed by atoms with E-state index in [0.29, 0.717) is 12.8 Å². The Morgan fingerprint density at radius 3 is 2.56 bits per heavy atom. The average molecular weight is 350 g/mol. The highest BCUT2D eigenvalue weighted by molar-refractivity contribution is 5.89. The molecule has 0 spiro atoms. The molecular weight excluding hydrogens is 316 g/mol. The van der Waals surface area contributed by atoms with Gasteiger partial charge in [-0.15, -0.1) is 0 Å². The van der Waals surface area contributed by atoms with Gasteiger partial charge in [0.1, 0.15) is 0 Å². The number of ketones is 1. The molecule has 0 saturated heterocycles. The van der Waals surface area contributed by atoms with Crippen LogP contribution >= 0.6 is 0 Å². The first kappa shape index (κ1) is 21.6. The van der Waals surface area contributed by atoms with Crippen LogP contribution in [0.1, 0.15) is 77.6 Å². The van der Waals surface area contributed by atoms with Crippen LogP contribution in [0.15, 0.2) is 24.3 Å². The predicted octanol–water partition coefficient (Wildman–Crippen LogP) is 4.67. The summed E-state index contributed by atoms with van der Waals surface area (Å²) >= 11 is 0. The summed E-state index contributed by atoms with van der Waals surface area (Å²) in [4.78, 5) is 22.4. The molecule has 0 aromatic carbocycles. The molecule has 4 heteroatoms. The molecule has 0 bridgehead atoms. The molecule has 1 rings (SSSR count). The van der Waals surface area contributed by atoms with Crippen molar-refractivity contribution in [1.82, 2.24) is 0 Å². The monoisotopic (exact) mass is 350 g/mol. The van der Waals surface area contributed by atoms with Crippen molar-refractivity contribution in [1.29, 1.82) is 0 Å². The lowest BCUT2D eigenvalue weighted by atomic mass is 9.90. The van der Waals surface area contributed by atoms with Crippen LogP contribution in [-0.4, -0.2) is 28.1 Å². The van der Waals surface area contributed by atoms with Gasteiger partial charge in [0, 0.05) is 12.8 Å². The Bertz CT molecular complexity index is 453. The largest absolute Gasteiger partial charge is 0.481 e. The Hall–Kier alpha value is -1.42.